The van der Waals surface area contributed by atoms with Crippen molar-refractivity contribution in [2.45, 2.75) is 12.6 Å². The average molecular weight is 345 g/mol. The third-order valence-corrected chi connectivity index (χ3v) is 3.82. The first-order valence-electron chi connectivity index (χ1n) is 7.38. The van der Waals surface area contributed by atoms with E-state index in [2.05, 4.69) is 11.6 Å². The molecule has 0 fully saturated rings. The maximum atomic E-state index is 12.7. The summed E-state index contributed by atoms with van der Waals surface area (Å²) in [6, 6.07) is 10.2. The number of nitrogens with two attached hydrogens (primary N) is 1. The van der Waals surface area contributed by atoms with Crippen LogP contribution in [0.1, 0.15) is 11.3 Å². The van der Waals surface area contributed by atoms with E-state index in [0.717, 1.165) is 17.6 Å². The fraction of sp³-hybridized carbons (Fsp3) is 0.111. The van der Waals surface area contributed by atoms with E-state index in [-0.39, 0.29) is 12.0 Å². The molecule has 128 valence electrons. The lowest BCUT2D eigenvalue weighted by molar-refractivity contribution is -0.137. The zero-order chi connectivity index (χ0) is 18.2. The molecule has 0 unspecified atom stereocenters. The van der Waals surface area contributed by atoms with Gasteiger partial charge in [-0.05, 0) is 24.3 Å². The molecule has 3 rings (SSSR count). The molecule has 0 aliphatic heterocycles. The van der Waals surface area contributed by atoms with Crippen molar-refractivity contribution in [3.63, 3.8) is 0 Å². The third-order valence-electron chi connectivity index (χ3n) is 3.82. The van der Waals surface area contributed by atoms with Crippen LogP contribution >= 0.6 is 0 Å². The zero-order valence-corrected chi connectivity index (χ0v) is 13.0. The van der Waals surface area contributed by atoms with Gasteiger partial charge in [0.2, 0.25) is 5.91 Å². The van der Waals surface area contributed by atoms with Crippen LogP contribution in [0.3, 0.4) is 0 Å². The Hall–Kier alpha value is -3.09. The Labute approximate surface area is 141 Å². The molecule has 0 saturated heterocycles. The number of imidazole rings is 1. The molecule has 0 saturated carbocycles. The van der Waals surface area contributed by atoms with Gasteiger partial charge in [0.1, 0.15) is 5.82 Å². The van der Waals surface area contributed by atoms with Crippen molar-refractivity contribution in [3.05, 3.63) is 72.1 Å². The predicted molar refractivity (Wildman–Crippen MR) is 87.7 cm³/mol. The summed E-state index contributed by atoms with van der Waals surface area (Å²) in [4.78, 5) is 15.7. The summed E-state index contributed by atoms with van der Waals surface area (Å²) in [6.07, 6.45) is -2.47. The summed E-state index contributed by atoms with van der Waals surface area (Å²) < 4.78 is 39.9. The number of fused-ring (bicyclic) bond motifs is 1. The molecule has 2 heterocycles. The number of hydrogen-bond donors (Lipinski definition) is 1. The van der Waals surface area contributed by atoms with Crippen molar-refractivity contribution < 1.29 is 18.0 Å². The highest BCUT2D eigenvalue weighted by molar-refractivity contribution is 5.92. The van der Waals surface area contributed by atoms with E-state index < -0.39 is 17.6 Å². The molecule has 2 aromatic heterocycles. The van der Waals surface area contributed by atoms with Gasteiger partial charge in [0.05, 0.1) is 16.8 Å². The van der Waals surface area contributed by atoms with Gasteiger partial charge < -0.3 is 5.73 Å². The van der Waals surface area contributed by atoms with Crippen molar-refractivity contribution in [3.8, 4) is 11.4 Å². The van der Waals surface area contributed by atoms with Crippen LogP contribution in [0.15, 0.2) is 60.8 Å². The lowest BCUT2D eigenvalue weighted by Crippen LogP contribution is -2.14. The minimum Gasteiger partial charge on any atom is -0.366 e. The number of hydrogen-bond acceptors (Lipinski definition) is 2. The van der Waals surface area contributed by atoms with E-state index in [1.807, 2.05) is 12.1 Å². The summed E-state index contributed by atoms with van der Waals surface area (Å²) in [5.74, 6) is -0.134. The minimum atomic E-state index is -4.39. The van der Waals surface area contributed by atoms with E-state index in [1.54, 1.807) is 16.7 Å². The highest BCUT2D eigenvalue weighted by Gasteiger charge is 2.30. The summed E-state index contributed by atoms with van der Waals surface area (Å²) >= 11 is 0. The molecule has 2 N–H and O–H groups in total. The van der Waals surface area contributed by atoms with Crippen LogP contribution in [0.2, 0.25) is 0 Å². The molecule has 1 aromatic carbocycles. The molecule has 0 atom stereocenters. The molecule has 3 aromatic rings. The SMILES string of the molecule is C=C(Cc1nc(-c2ccc(C(F)(F)F)cc2)n2ccccc12)C(N)=O. The van der Waals surface area contributed by atoms with E-state index in [4.69, 9.17) is 5.73 Å². The third kappa shape index (κ3) is 3.26. The van der Waals surface area contributed by atoms with Gasteiger partial charge >= 0.3 is 6.18 Å². The summed E-state index contributed by atoms with van der Waals surface area (Å²) in [5, 5.41) is 0. The second-order valence-corrected chi connectivity index (χ2v) is 5.56. The van der Waals surface area contributed by atoms with Gasteiger partial charge in [-0.1, -0.05) is 24.8 Å². The molecule has 0 spiro atoms. The Morgan fingerprint density at radius 3 is 2.44 bits per heavy atom. The highest BCUT2D eigenvalue weighted by Crippen LogP contribution is 2.31. The largest absolute Gasteiger partial charge is 0.416 e. The van der Waals surface area contributed by atoms with Crippen LogP contribution in [0.4, 0.5) is 13.2 Å². The molecular formula is C18H14F3N3O. The number of carbonyl (C=O) groups excluding carboxylic acids is 1. The van der Waals surface area contributed by atoms with Crippen molar-refractivity contribution in [1.29, 1.82) is 0 Å². The fourth-order valence-corrected chi connectivity index (χ4v) is 2.53. The van der Waals surface area contributed by atoms with E-state index in [1.165, 1.54) is 12.1 Å². The highest BCUT2D eigenvalue weighted by atomic mass is 19.4. The molecule has 0 aliphatic rings. The van der Waals surface area contributed by atoms with Crippen molar-refractivity contribution in [2.75, 3.05) is 0 Å². The van der Waals surface area contributed by atoms with Gasteiger partial charge in [-0.15, -0.1) is 0 Å². The lowest BCUT2D eigenvalue weighted by atomic mass is 10.1. The normalized spacial score (nSPS) is 11.6. The second-order valence-electron chi connectivity index (χ2n) is 5.56. The number of rotatable bonds is 4. The van der Waals surface area contributed by atoms with Gasteiger partial charge in [0.25, 0.3) is 0 Å². The van der Waals surface area contributed by atoms with Gasteiger partial charge in [-0.3, -0.25) is 9.20 Å². The minimum absolute atomic E-state index is 0.170. The number of primary amides is 1. The average Bonchev–Trinajstić information content (AvgIpc) is 2.93. The Kier molecular flexibility index (Phi) is 4.08. The standard InChI is InChI=1S/C18H14F3N3O/c1-11(16(22)25)10-14-15-4-2-3-9-24(15)17(23-14)12-5-7-13(8-6-12)18(19,20)21/h2-9H,1,10H2,(H2,22,25). The summed E-state index contributed by atoms with van der Waals surface area (Å²) in [6.45, 7) is 3.63. The first kappa shape index (κ1) is 16.8. The Morgan fingerprint density at radius 1 is 1.16 bits per heavy atom. The fourth-order valence-electron chi connectivity index (χ4n) is 2.53. The smallest absolute Gasteiger partial charge is 0.366 e. The lowest BCUT2D eigenvalue weighted by Gasteiger charge is -2.07. The predicted octanol–water partition coefficient (Wildman–Crippen LogP) is 3.60. The van der Waals surface area contributed by atoms with Crippen LogP contribution < -0.4 is 5.73 Å². The van der Waals surface area contributed by atoms with Gasteiger partial charge in [-0.25, -0.2) is 4.98 Å². The Bertz CT molecular complexity index is 956. The topological polar surface area (TPSA) is 60.4 Å². The first-order valence-corrected chi connectivity index (χ1v) is 7.38. The summed E-state index contributed by atoms with van der Waals surface area (Å²) in [5.41, 5.74) is 6.56. The Balaban J connectivity index is 2.08. The number of halogens is 3. The second kappa shape index (κ2) is 6.08. The van der Waals surface area contributed by atoms with Crippen LogP contribution in [-0.2, 0) is 17.4 Å². The van der Waals surface area contributed by atoms with Crippen molar-refractivity contribution in [2.24, 2.45) is 5.73 Å². The number of alkyl halides is 3. The van der Waals surface area contributed by atoms with E-state index >= 15 is 0 Å². The van der Waals surface area contributed by atoms with Crippen molar-refractivity contribution >= 4 is 11.4 Å². The van der Waals surface area contributed by atoms with Crippen LogP contribution in [-0.4, -0.2) is 15.3 Å². The number of aromatic nitrogens is 2. The van der Waals surface area contributed by atoms with Crippen LogP contribution in [0, 0.1) is 0 Å². The number of nitrogens with zero attached hydrogens (tertiary/aromatic N) is 2. The molecule has 25 heavy (non-hydrogen) atoms. The van der Waals surface area contributed by atoms with Crippen LogP contribution in [0.5, 0.6) is 0 Å². The van der Waals surface area contributed by atoms with E-state index in [0.29, 0.717) is 17.1 Å². The van der Waals surface area contributed by atoms with Gasteiger partial charge in [0, 0.05) is 23.8 Å². The summed E-state index contributed by atoms with van der Waals surface area (Å²) in [7, 11) is 0. The van der Waals surface area contributed by atoms with E-state index in [9.17, 15) is 18.0 Å². The Morgan fingerprint density at radius 2 is 1.84 bits per heavy atom. The molecule has 4 nitrogen and oxygen atoms in total. The van der Waals surface area contributed by atoms with Crippen molar-refractivity contribution in [1.82, 2.24) is 9.38 Å². The number of carbonyl (C=O) groups is 1. The molecule has 0 bridgehead atoms. The number of pyridine rings is 1. The molecule has 1 amide bonds. The zero-order valence-electron chi connectivity index (χ0n) is 13.0. The van der Waals surface area contributed by atoms with Gasteiger partial charge in [0.15, 0.2) is 0 Å². The molecular weight excluding hydrogens is 331 g/mol. The molecule has 7 heteroatoms. The first-order chi connectivity index (χ1) is 11.8. The quantitative estimate of drug-likeness (QED) is 0.735. The molecule has 0 radical (unpaired) electrons. The van der Waals surface area contributed by atoms with Gasteiger partial charge in [-0.2, -0.15) is 13.2 Å². The maximum absolute atomic E-state index is 12.7. The maximum Gasteiger partial charge on any atom is 0.416 e. The number of amides is 1. The number of benzene rings is 1. The monoisotopic (exact) mass is 345 g/mol. The van der Waals surface area contributed by atoms with Crippen LogP contribution in [0.25, 0.3) is 16.9 Å². The molecule has 0 aliphatic carbocycles.